The Labute approximate surface area is 246 Å². The summed E-state index contributed by atoms with van der Waals surface area (Å²) in [5.41, 5.74) is 13.8. The molecule has 0 heterocycles. The average Bonchev–Trinajstić information content (AvgIpc) is 3.28. The molecule has 5 nitrogen and oxygen atoms in total. The molecule has 3 saturated carbocycles. The van der Waals surface area contributed by atoms with Crippen LogP contribution >= 0.6 is 0 Å². The highest BCUT2D eigenvalue weighted by atomic mass is 16.6. The van der Waals surface area contributed by atoms with E-state index in [0.717, 1.165) is 74.0 Å². The number of amides is 1. The van der Waals surface area contributed by atoms with Gasteiger partial charge in [0.05, 0.1) is 0 Å². The number of fused-ring (bicyclic) bond motifs is 5. The van der Waals surface area contributed by atoms with E-state index in [9.17, 15) is 4.79 Å². The van der Waals surface area contributed by atoms with E-state index in [-0.39, 0.29) is 17.6 Å². The molecule has 4 N–H and O–H groups in total. The molecule has 8 atom stereocenters. The highest BCUT2D eigenvalue weighted by Gasteiger charge is 2.59. The largest absolute Gasteiger partial charge is 0.446 e. The van der Waals surface area contributed by atoms with Crippen molar-refractivity contribution >= 4 is 6.09 Å². The Morgan fingerprint density at radius 2 is 1.70 bits per heavy atom. The van der Waals surface area contributed by atoms with Crippen molar-refractivity contribution < 1.29 is 9.53 Å². The Hall–Kier alpha value is -1.07. The van der Waals surface area contributed by atoms with Crippen LogP contribution in [0, 0.1) is 46.3 Å². The van der Waals surface area contributed by atoms with Crippen molar-refractivity contribution in [2.24, 2.45) is 57.8 Å². The predicted molar refractivity (Wildman–Crippen MR) is 167 cm³/mol. The molecule has 0 saturated heterocycles. The summed E-state index contributed by atoms with van der Waals surface area (Å²) in [4.78, 5) is 15.0. The summed E-state index contributed by atoms with van der Waals surface area (Å²) in [6, 6.07) is 0. The Morgan fingerprint density at radius 3 is 2.42 bits per heavy atom. The van der Waals surface area contributed by atoms with Gasteiger partial charge in [0.25, 0.3) is 0 Å². The number of ether oxygens (including phenoxy) is 1. The lowest BCUT2D eigenvalue weighted by atomic mass is 9.47. The maximum absolute atomic E-state index is 13.1. The van der Waals surface area contributed by atoms with E-state index in [2.05, 4.69) is 40.7 Å². The third kappa shape index (κ3) is 6.77. The smallest absolute Gasteiger partial charge is 0.410 e. The zero-order valence-electron chi connectivity index (χ0n) is 26.8. The first-order valence-corrected chi connectivity index (χ1v) is 17.2. The number of nitrogens with zero attached hydrogens (tertiary/aromatic N) is 1. The molecule has 4 rings (SSSR count). The lowest BCUT2D eigenvalue weighted by molar-refractivity contribution is -0.0593. The second-order valence-electron chi connectivity index (χ2n) is 15.2. The van der Waals surface area contributed by atoms with Crippen molar-refractivity contribution in [3.8, 4) is 0 Å². The molecule has 0 aromatic rings. The second kappa shape index (κ2) is 13.9. The van der Waals surface area contributed by atoms with E-state index < -0.39 is 0 Å². The highest BCUT2D eigenvalue weighted by molar-refractivity contribution is 5.67. The molecule has 4 aliphatic rings. The summed E-state index contributed by atoms with van der Waals surface area (Å²) in [7, 11) is 0. The molecule has 0 spiro atoms. The van der Waals surface area contributed by atoms with Gasteiger partial charge in [0, 0.05) is 19.5 Å². The minimum Gasteiger partial charge on any atom is -0.446 e. The van der Waals surface area contributed by atoms with Gasteiger partial charge in [-0.3, -0.25) is 0 Å². The van der Waals surface area contributed by atoms with Gasteiger partial charge in [0.2, 0.25) is 0 Å². The van der Waals surface area contributed by atoms with Crippen LogP contribution in [-0.2, 0) is 4.74 Å². The highest BCUT2D eigenvalue weighted by Crippen LogP contribution is 2.67. The Balaban J connectivity index is 1.38. The molecule has 40 heavy (non-hydrogen) atoms. The minimum absolute atomic E-state index is 0.00895. The van der Waals surface area contributed by atoms with Gasteiger partial charge < -0.3 is 21.1 Å². The first-order valence-electron chi connectivity index (χ1n) is 17.2. The van der Waals surface area contributed by atoms with Crippen LogP contribution in [0.1, 0.15) is 125 Å². The number of rotatable bonds is 13. The summed E-state index contributed by atoms with van der Waals surface area (Å²) in [6.45, 7) is 15.2. The quantitative estimate of drug-likeness (QED) is 0.178. The second-order valence-corrected chi connectivity index (χ2v) is 15.2. The van der Waals surface area contributed by atoms with Crippen molar-refractivity contribution in [1.29, 1.82) is 0 Å². The third-order valence-corrected chi connectivity index (χ3v) is 12.3. The summed E-state index contributed by atoms with van der Waals surface area (Å²) in [6.07, 6.45) is 19.3. The van der Waals surface area contributed by atoms with Crippen molar-refractivity contribution in [1.82, 2.24) is 4.90 Å². The zero-order valence-corrected chi connectivity index (χ0v) is 26.8. The van der Waals surface area contributed by atoms with Gasteiger partial charge in [-0.2, -0.15) is 0 Å². The van der Waals surface area contributed by atoms with E-state index in [4.69, 9.17) is 16.2 Å². The monoisotopic (exact) mass is 557 g/mol. The molecule has 0 bridgehead atoms. The Morgan fingerprint density at radius 1 is 0.950 bits per heavy atom. The van der Waals surface area contributed by atoms with E-state index >= 15 is 0 Å². The van der Waals surface area contributed by atoms with Crippen molar-refractivity contribution in [2.45, 2.75) is 131 Å². The van der Waals surface area contributed by atoms with Crippen LogP contribution in [0.4, 0.5) is 4.79 Å². The zero-order chi connectivity index (χ0) is 28.9. The number of carbonyl (C=O) groups is 1. The van der Waals surface area contributed by atoms with Crippen LogP contribution in [0.3, 0.4) is 0 Å². The molecule has 1 amide bonds. The van der Waals surface area contributed by atoms with E-state index in [1.165, 1.54) is 51.4 Å². The lowest BCUT2D eigenvalue weighted by Gasteiger charge is -2.58. The molecule has 0 aromatic heterocycles. The van der Waals surface area contributed by atoms with E-state index in [0.29, 0.717) is 31.6 Å². The number of carbonyl (C=O) groups excluding carboxylic acids is 1. The standard InChI is InChI=1S/C35H63N3O2/c1-25(2)10-8-11-26(3)30-14-15-31-29-13-12-27-24-28(16-18-34(27,4)32(29)17-19-35(30,31)5)40-33(39)38(23-9-21-37)22-7-6-20-36/h12,25-26,28-32H,6-11,13-24,36-37H2,1-5H3/t26-,28+,29?,30-,31+,32+,34+,35-/m1/s1. The van der Waals surface area contributed by atoms with Crippen LogP contribution in [0.2, 0.25) is 0 Å². The number of unbranched alkanes of at least 4 members (excludes halogenated alkanes) is 1. The fraction of sp³-hybridized carbons (Fsp3) is 0.914. The minimum atomic E-state index is -0.152. The average molecular weight is 558 g/mol. The molecule has 230 valence electrons. The number of allylic oxidation sites excluding steroid dienone is 1. The van der Waals surface area contributed by atoms with Gasteiger partial charge in [0.15, 0.2) is 0 Å². The van der Waals surface area contributed by atoms with Crippen molar-refractivity contribution in [3.63, 3.8) is 0 Å². The first kappa shape index (κ1) is 31.9. The fourth-order valence-corrected chi connectivity index (χ4v) is 9.99. The SMILES string of the molecule is CC(C)CCC[C@@H](C)[C@H]1CC[C@H]2C3CC=C4C[C@@H](OC(=O)N(CCCN)CCCCN)CC[C@]4(C)[C@H]3CC[C@]12C. The number of nitrogens with two attached hydrogens (primary N) is 2. The summed E-state index contributed by atoms with van der Waals surface area (Å²) in [5.74, 6) is 5.13. The van der Waals surface area contributed by atoms with Crippen LogP contribution in [0.25, 0.3) is 0 Å². The summed E-state index contributed by atoms with van der Waals surface area (Å²) < 4.78 is 6.16. The van der Waals surface area contributed by atoms with Crippen molar-refractivity contribution in [3.05, 3.63) is 11.6 Å². The van der Waals surface area contributed by atoms with Crippen LogP contribution < -0.4 is 11.5 Å². The topological polar surface area (TPSA) is 81.6 Å². The molecule has 0 aromatic carbocycles. The molecule has 5 heteroatoms. The van der Waals surface area contributed by atoms with Gasteiger partial charge >= 0.3 is 6.09 Å². The Kier molecular flexibility index (Phi) is 11.1. The Bertz CT molecular complexity index is 858. The predicted octanol–water partition coefficient (Wildman–Crippen LogP) is 7.92. The number of hydrogen-bond acceptors (Lipinski definition) is 4. The molecule has 3 fully saturated rings. The molecule has 0 radical (unpaired) electrons. The van der Waals surface area contributed by atoms with Crippen molar-refractivity contribution in [2.75, 3.05) is 26.2 Å². The third-order valence-electron chi connectivity index (χ3n) is 12.3. The van der Waals surface area contributed by atoms with Crippen LogP contribution in [0.5, 0.6) is 0 Å². The van der Waals surface area contributed by atoms with Crippen LogP contribution in [0.15, 0.2) is 11.6 Å². The summed E-state index contributed by atoms with van der Waals surface area (Å²) >= 11 is 0. The van der Waals surface area contributed by atoms with Crippen LogP contribution in [-0.4, -0.2) is 43.3 Å². The number of hydrogen-bond donors (Lipinski definition) is 2. The summed E-state index contributed by atoms with van der Waals surface area (Å²) in [5, 5.41) is 0. The molecule has 4 aliphatic carbocycles. The first-order chi connectivity index (χ1) is 19.1. The maximum Gasteiger partial charge on any atom is 0.410 e. The van der Waals surface area contributed by atoms with Gasteiger partial charge in [-0.05, 0) is 124 Å². The van der Waals surface area contributed by atoms with Gasteiger partial charge in [-0.15, -0.1) is 0 Å². The van der Waals surface area contributed by atoms with E-state index in [1.807, 2.05) is 4.90 Å². The molecule has 1 unspecified atom stereocenters. The molecule has 0 aliphatic heterocycles. The normalized spacial score (nSPS) is 35.9. The van der Waals surface area contributed by atoms with E-state index in [1.54, 1.807) is 5.57 Å². The molecular weight excluding hydrogens is 494 g/mol. The fourth-order valence-electron chi connectivity index (χ4n) is 9.99. The maximum atomic E-state index is 13.1. The van der Waals surface area contributed by atoms with Gasteiger partial charge in [-0.25, -0.2) is 4.79 Å². The lowest BCUT2D eigenvalue weighted by Crippen LogP contribution is -2.51. The van der Waals surface area contributed by atoms with Gasteiger partial charge in [-0.1, -0.05) is 65.5 Å². The van der Waals surface area contributed by atoms with Gasteiger partial charge in [0.1, 0.15) is 6.10 Å². The molecular formula is C35H63N3O2.